The number of H-pyrrole nitrogens is 1. The molecule has 5 nitrogen and oxygen atoms in total. The summed E-state index contributed by atoms with van der Waals surface area (Å²) >= 11 is 0. The van der Waals surface area contributed by atoms with Gasteiger partial charge in [-0.3, -0.25) is 5.10 Å². The number of carbonyl (C=O) groups excluding carboxylic acids is 1. The van der Waals surface area contributed by atoms with E-state index in [1.54, 1.807) is 6.20 Å². The van der Waals surface area contributed by atoms with Crippen LogP contribution >= 0.6 is 0 Å². The van der Waals surface area contributed by atoms with Gasteiger partial charge in [0.05, 0.1) is 5.69 Å². The molecule has 3 N–H and O–H groups in total. The number of aryl methyl sites for hydroxylation is 3. The highest BCUT2D eigenvalue weighted by atomic mass is 16.2. The Labute approximate surface area is 209 Å². The Balaban J connectivity index is 1.39. The first-order chi connectivity index (χ1) is 17.1. The molecule has 0 saturated heterocycles. The van der Waals surface area contributed by atoms with E-state index in [1.165, 1.54) is 55.2 Å². The van der Waals surface area contributed by atoms with Crippen LogP contribution in [0.2, 0.25) is 0 Å². The predicted octanol–water partition coefficient (Wildman–Crippen LogP) is 7.92. The minimum absolute atomic E-state index is 0.259. The van der Waals surface area contributed by atoms with Crippen LogP contribution in [0.1, 0.15) is 85.9 Å². The van der Waals surface area contributed by atoms with Gasteiger partial charge in [-0.1, -0.05) is 76.3 Å². The number of carbonyl (C=O) groups is 1. The number of benzene rings is 2. The number of rotatable bonds is 11. The normalized spacial score (nSPS) is 12.4. The topological polar surface area (TPSA) is 69.8 Å². The summed E-state index contributed by atoms with van der Waals surface area (Å²) in [6, 6.07) is 12.7. The van der Waals surface area contributed by atoms with E-state index in [9.17, 15) is 4.79 Å². The molecule has 1 aliphatic carbocycles. The number of hydrogen-bond donors (Lipinski definition) is 3. The number of nitrogens with one attached hydrogen (secondary N) is 3. The van der Waals surface area contributed by atoms with Gasteiger partial charge in [0.1, 0.15) is 5.69 Å². The summed E-state index contributed by atoms with van der Waals surface area (Å²) < 4.78 is 0. The number of allylic oxidation sites excluding steroid dienone is 1. The highest BCUT2D eigenvalue weighted by Gasteiger charge is 2.20. The third-order valence-corrected chi connectivity index (χ3v) is 6.83. The molecule has 0 atom stereocenters. The second kappa shape index (κ2) is 11.9. The van der Waals surface area contributed by atoms with Gasteiger partial charge in [-0.05, 0) is 71.7 Å². The number of aromatic amines is 1. The molecular weight excluding hydrogens is 432 g/mol. The fourth-order valence-corrected chi connectivity index (χ4v) is 4.82. The maximum Gasteiger partial charge on any atom is 0.323 e. The molecule has 0 unspecified atom stereocenters. The van der Waals surface area contributed by atoms with Crippen molar-refractivity contribution in [3.05, 3.63) is 76.1 Å². The van der Waals surface area contributed by atoms with Crippen molar-refractivity contribution in [2.75, 3.05) is 10.6 Å². The average molecular weight is 471 g/mol. The maximum absolute atomic E-state index is 12.8. The molecule has 0 aliphatic heterocycles. The molecular formula is C30H38N4O. The Morgan fingerprint density at radius 3 is 2.60 bits per heavy atom. The molecule has 1 aromatic heterocycles. The second-order valence-electron chi connectivity index (χ2n) is 9.64. The average Bonchev–Trinajstić information content (AvgIpc) is 3.47. The van der Waals surface area contributed by atoms with Crippen molar-refractivity contribution < 1.29 is 4.79 Å². The van der Waals surface area contributed by atoms with E-state index in [0.717, 1.165) is 47.3 Å². The summed E-state index contributed by atoms with van der Waals surface area (Å²) in [6.45, 7) is 6.38. The summed E-state index contributed by atoms with van der Waals surface area (Å²) in [4.78, 5) is 12.8. The van der Waals surface area contributed by atoms with Crippen molar-refractivity contribution in [3.63, 3.8) is 0 Å². The molecule has 0 radical (unpaired) electrons. The van der Waals surface area contributed by atoms with Crippen LogP contribution in [0, 0.1) is 6.92 Å². The Kier molecular flexibility index (Phi) is 8.40. The van der Waals surface area contributed by atoms with E-state index in [-0.39, 0.29) is 6.03 Å². The Hall–Kier alpha value is -3.34. The first-order valence-electron chi connectivity index (χ1n) is 13.1. The van der Waals surface area contributed by atoms with E-state index in [1.807, 2.05) is 13.0 Å². The van der Waals surface area contributed by atoms with Crippen LogP contribution in [0.5, 0.6) is 0 Å². The smallest absolute Gasteiger partial charge is 0.307 e. The lowest BCUT2D eigenvalue weighted by Gasteiger charge is -2.12. The molecule has 1 heterocycles. The van der Waals surface area contributed by atoms with Gasteiger partial charge in [0, 0.05) is 18.3 Å². The van der Waals surface area contributed by atoms with Crippen molar-refractivity contribution in [2.24, 2.45) is 0 Å². The summed E-state index contributed by atoms with van der Waals surface area (Å²) in [5.74, 6) is 0. The maximum atomic E-state index is 12.8. The molecule has 35 heavy (non-hydrogen) atoms. The standard InChI is InChI=1S/C30H38N4O/c1-4-6-7-8-9-10-11-22-13-15-24-18-26(19-25(24)17-22)29-28(20-31-34-29)33-30(35)32-27-16-21(3)12-14-23(27)5-2/h12-17,19-20H,4-11,18H2,1-3H3,(H,31,34)(H2,32,33,35). The van der Waals surface area contributed by atoms with Crippen molar-refractivity contribution in [3.8, 4) is 0 Å². The minimum atomic E-state index is -0.259. The van der Waals surface area contributed by atoms with Crippen LogP contribution in [0.15, 0.2) is 42.6 Å². The lowest BCUT2D eigenvalue weighted by molar-refractivity contribution is 0.262. The number of urea groups is 1. The van der Waals surface area contributed by atoms with Crippen LogP contribution in [0.3, 0.4) is 0 Å². The van der Waals surface area contributed by atoms with Gasteiger partial charge in [-0.25, -0.2) is 4.79 Å². The summed E-state index contributed by atoms with van der Waals surface area (Å²) in [7, 11) is 0. The summed E-state index contributed by atoms with van der Waals surface area (Å²) in [5.41, 5.74) is 9.69. The van der Waals surface area contributed by atoms with Gasteiger partial charge in [0.25, 0.3) is 0 Å². The molecule has 0 bridgehead atoms. The first-order valence-corrected chi connectivity index (χ1v) is 13.1. The SMILES string of the molecule is CCCCCCCCc1ccc2c(c1)C=C(c1n[nH]cc1NC(=O)Nc1cc(C)ccc1CC)C2. The van der Waals surface area contributed by atoms with E-state index >= 15 is 0 Å². The van der Waals surface area contributed by atoms with Crippen LogP contribution in [0.4, 0.5) is 16.2 Å². The van der Waals surface area contributed by atoms with E-state index in [0.29, 0.717) is 5.69 Å². The fourth-order valence-electron chi connectivity index (χ4n) is 4.82. The van der Waals surface area contributed by atoms with E-state index in [2.05, 4.69) is 71.1 Å². The van der Waals surface area contributed by atoms with Crippen LogP contribution in [0.25, 0.3) is 11.6 Å². The second-order valence-corrected chi connectivity index (χ2v) is 9.64. The van der Waals surface area contributed by atoms with Gasteiger partial charge < -0.3 is 10.6 Å². The number of fused-ring (bicyclic) bond motifs is 1. The van der Waals surface area contributed by atoms with Crippen molar-refractivity contribution in [2.45, 2.75) is 78.6 Å². The summed E-state index contributed by atoms with van der Waals surface area (Å²) in [6.07, 6.45) is 14.7. The molecule has 4 rings (SSSR count). The molecule has 2 amide bonds. The number of nitrogens with zero attached hydrogens (tertiary/aromatic N) is 1. The first kappa shape index (κ1) is 24.8. The largest absolute Gasteiger partial charge is 0.323 e. The van der Waals surface area contributed by atoms with Crippen molar-refractivity contribution >= 4 is 29.1 Å². The van der Waals surface area contributed by atoms with E-state index < -0.39 is 0 Å². The Morgan fingerprint density at radius 2 is 1.77 bits per heavy atom. The summed E-state index contributed by atoms with van der Waals surface area (Å²) in [5, 5.41) is 13.4. The third kappa shape index (κ3) is 6.41. The Morgan fingerprint density at radius 1 is 0.971 bits per heavy atom. The van der Waals surface area contributed by atoms with Crippen molar-refractivity contribution in [1.29, 1.82) is 0 Å². The van der Waals surface area contributed by atoms with Crippen molar-refractivity contribution in [1.82, 2.24) is 10.2 Å². The molecule has 1 aliphatic rings. The quantitative estimate of drug-likeness (QED) is 0.249. The van der Waals surface area contributed by atoms with Gasteiger partial charge in [-0.2, -0.15) is 5.10 Å². The fraction of sp³-hybridized carbons (Fsp3) is 0.400. The monoisotopic (exact) mass is 470 g/mol. The highest BCUT2D eigenvalue weighted by Crippen LogP contribution is 2.34. The third-order valence-electron chi connectivity index (χ3n) is 6.83. The number of hydrogen-bond acceptors (Lipinski definition) is 2. The van der Waals surface area contributed by atoms with Crippen LogP contribution in [-0.4, -0.2) is 16.2 Å². The molecule has 3 aromatic rings. The molecule has 0 fully saturated rings. The number of amides is 2. The highest BCUT2D eigenvalue weighted by molar-refractivity contribution is 6.03. The van der Waals surface area contributed by atoms with Gasteiger partial charge in [0.2, 0.25) is 0 Å². The molecule has 0 saturated carbocycles. The zero-order valence-corrected chi connectivity index (χ0v) is 21.3. The lowest BCUT2D eigenvalue weighted by atomic mass is 10.0. The molecule has 0 spiro atoms. The number of anilines is 2. The van der Waals surface area contributed by atoms with Gasteiger partial charge in [-0.15, -0.1) is 0 Å². The van der Waals surface area contributed by atoms with Crippen LogP contribution in [-0.2, 0) is 19.3 Å². The zero-order valence-electron chi connectivity index (χ0n) is 21.3. The van der Waals surface area contributed by atoms with Gasteiger partial charge in [0.15, 0.2) is 0 Å². The predicted molar refractivity (Wildman–Crippen MR) is 147 cm³/mol. The van der Waals surface area contributed by atoms with Gasteiger partial charge >= 0.3 is 6.03 Å². The Bertz CT molecular complexity index is 1190. The number of aromatic nitrogens is 2. The molecule has 2 aromatic carbocycles. The number of unbranched alkanes of at least 4 members (excludes halogenated alkanes) is 5. The van der Waals surface area contributed by atoms with Crippen LogP contribution < -0.4 is 10.6 Å². The van der Waals surface area contributed by atoms with E-state index in [4.69, 9.17) is 0 Å². The zero-order chi connectivity index (χ0) is 24.6. The lowest BCUT2D eigenvalue weighted by Crippen LogP contribution is -2.20. The minimum Gasteiger partial charge on any atom is -0.307 e. The molecule has 184 valence electrons. The molecule has 5 heteroatoms.